The van der Waals surface area contributed by atoms with Crippen LogP contribution in [0, 0.1) is 14.9 Å². The van der Waals surface area contributed by atoms with Gasteiger partial charge in [0, 0.05) is 3.57 Å². The Morgan fingerprint density at radius 1 is 1.64 bits per heavy atom. The van der Waals surface area contributed by atoms with E-state index in [0.29, 0.717) is 0 Å². The molecule has 0 amide bonds. The molecule has 0 aliphatic heterocycles. The first-order valence-corrected chi connectivity index (χ1v) is 5.14. The summed E-state index contributed by atoms with van der Waals surface area (Å²) in [6, 6.07) is 5.18. The summed E-state index contributed by atoms with van der Waals surface area (Å²) in [5, 5.41) is 17.7. The molecule has 14 heavy (non-hydrogen) atoms. The van der Waals surface area contributed by atoms with E-state index < -0.39 is 5.97 Å². The van der Waals surface area contributed by atoms with Crippen molar-refractivity contribution < 1.29 is 9.90 Å². The van der Waals surface area contributed by atoms with Crippen LogP contribution in [0.15, 0.2) is 12.1 Å². The minimum Gasteiger partial charge on any atom is -0.478 e. The molecule has 0 spiro atoms. The molecule has 0 heterocycles. The average molecular weight is 301 g/mol. The zero-order valence-electron chi connectivity index (χ0n) is 7.54. The third-order valence-electron chi connectivity index (χ3n) is 1.95. The van der Waals surface area contributed by atoms with Gasteiger partial charge >= 0.3 is 5.97 Å². The molecule has 1 aromatic carbocycles. The van der Waals surface area contributed by atoms with Crippen molar-refractivity contribution in [2.24, 2.45) is 0 Å². The number of aromatic carboxylic acids is 1. The van der Waals surface area contributed by atoms with Crippen molar-refractivity contribution in [2.75, 3.05) is 0 Å². The molecular weight excluding hydrogens is 293 g/mol. The van der Waals surface area contributed by atoms with Gasteiger partial charge < -0.3 is 5.11 Å². The number of nitrogens with zero attached hydrogens (tertiary/aromatic N) is 1. The van der Waals surface area contributed by atoms with Crippen molar-refractivity contribution in [3.05, 3.63) is 32.4 Å². The summed E-state index contributed by atoms with van der Waals surface area (Å²) < 4.78 is 0.743. The van der Waals surface area contributed by atoms with Gasteiger partial charge in [0.2, 0.25) is 0 Å². The van der Waals surface area contributed by atoms with Gasteiger partial charge in [-0.2, -0.15) is 5.26 Å². The van der Waals surface area contributed by atoms with E-state index in [0.717, 1.165) is 15.6 Å². The Hall–Kier alpha value is -1.09. The summed E-state index contributed by atoms with van der Waals surface area (Å²) in [6.45, 7) is 1.97. The van der Waals surface area contributed by atoms with Crippen LogP contribution in [0.2, 0.25) is 0 Å². The monoisotopic (exact) mass is 301 g/mol. The fourth-order valence-electron chi connectivity index (χ4n) is 1.18. The van der Waals surface area contributed by atoms with Crippen LogP contribution >= 0.6 is 22.6 Å². The molecule has 0 atom stereocenters. The van der Waals surface area contributed by atoms with Crippen molar-refractivity contribution in [3.8, 4) is 6.07 Å². The molecule has 1 aromatic rings. The van der Waals surface area contributed by atoms with Crippen LogP contribution in [-0.2, 0) is 6.42 Å². The van der Waals surface area contributed by atoms with E-state index >= 15 is 0 Å². The van der Waals surface area contributed by atoms with Gasteiger partial charge in [-0.1, -0.05) is 13.0 Å². The Morgan fingerprint density at radius 2 is 2.29 bits per heavy atom. The van der Waals surface area contributed by atoms with Crippen LogP contribution in [0.3, 0.4) is 0 Å². The lowest BCUT2D eigenvalue weighted by molar-refractivity contribution is 0.0696. The molecule has 1 rings (SSSR count). The van der Waals surface area contributed by atoms with Crippen molar-refractivity contribution in [3.63, 3.8) is 0 Å². The number of hydrogen-bond acceptors (Lipinski definition) is 2. The molecule has 0 saturated heterocycles. The Labute approximate surface area is 95.5 Å². The second-order valence-electron chi connectivity index (χ2n) is 2.73. The number of hydrogen-bond donors (Lipinski definition) is 1. The maximum atomic E-state index is 10.8. The fraction of sp³-hybridized carbons (Fsp3) is 0.200. The Bertz CT molecular complexity index is 421. The molecule has 1 N–H and O–H groups in total. The van der Waals surface area contributed by atoms with Crippen LogP contribution in [0.4, 0.5) is 0 Å². The van der Waals surface area contributed by atoms with Gasteiger partial charge in [0.05, 0.1) is 11.1 Å². The molecule has 0 aliphatic rings. The predicted octanol–water partition coefficient (Wildman–Crippen LogP) is 2.42. The van der Waals surface area contributed by atoms with Crippen molar-refractivity contribution in [2.45, 2.75) is 13.3 Å². The van der Waals surface area contributed by atoms with Gasteiger partial charge in [0.15, 0.2) is 0 Å². The maximum Gasteiger partial charge on any atom is 0.337 e. The van der Waals surface area contributed by atoms with Crippen molar-refractivity contribution in [1.29, 1.82) is 5.26 Å². The fourth-order valence-corrected chi connectivity index (χ4v) is 2.15. The zero-order valence-corrected chi connectivity index (χ0v) is 9.70. The SMILES string of the molecule is CCc1ccc(C(=O)O)c(C#N)c1I. The highest BCUT2D eigenvalue weighted by atomic mass is 127. The number of nitriles is 1. The summed E-state index contributed by atoms with van der Waals surface area (Å²) in [6.07, 6.45) is 0.798. The molecule has 3 nitrogen and oxygen atoms in total. The third-order valence-corrected chi connectivity index (χ3v) is 3.18. The molecule has 0 bridgehead atoms. The van der Waals surface area contributed by atoms with E-state index in [4.69, 9.17) is 10.4 Å². The molecule has 0 fully saturated rings. The van der Waals surface area contributed by atoms with Crippen LogP contribution < -0.4 is 0 Å². The number of rotatable bonds is 2. The number of carboxylic acids is 1. The summed E-state index contributed by atoms with van der Waals surface area (Å²) in [7, 11) is 0. The van der Waals surface area contributed by atoms with E-state index in [2.05, 4.69) is 0 Å². The lowest BCUT2D eigenvalue weighted by Gasteiger charge is -2.05. The molecular formula is C10H8INO2. The van der Waals surface area contributed by atoms with Gasteiger partial charge in [-0.25, -0.2) is 4.79 Å². The van der Waals surface area contributed by atoms with Gasteiger partial charge in [0.1, 0.15) is 6.07 Å². The number of halogens is 1. The van der Waals surface area contributed by atoms with Gasteiger partial charge in [-0.05, 0) is 40.6 Å². The second-order valence-corrected chi connectivity index (χ2v) is 3.81. The number of carboxylic acid groups (broad SMARTS) is 1. The summed E-state index contributed by atoms with van der Waals surface area (Å²) in [4.78, 5) is 10.8. The predicted molar refractivity (Wildman–Crippen MR) is 60.2 cm³/mol. The van der Waals surface area contributed by atoms with E-state index in [1.165, 1.54) is 6.07 Å². The minimum atomic E-state index is -1.05. The van der Waals surface area contributed by atoms with Crippen LogP contribution in [0.5, 0.6) is 0 Å². The lowest BCUT2D eigenvalue weighted by atomic mass is 10.0. The Kier molecular flexibility index (Phi) is 3.47. The Balaban J connectivity index is 3.45. The highest BCUT2D eigenvalue weighted by Gasteiger charge is 2.14. The maximum absolute atomic E-state index is 10.8. The standard InChI is InChI=1S/C10H8INO2/c1-2-6-3-4-7(10(13)14)8(5-12)9(6)11/h3-4H,2H2,1H3,(H,13,14). The average Bonchev–Trinajstić information content (AvgIpc) is 2.17. The quantitative estimate of drug-likeness (QED) is 0.853. The molecule has 0 saturated carbocycles. The van der Waals surface area contributed by atoms with E-state index in [1.54, 1.807) is 6.07 Å². The first-order chi connectivity index (χ1) is 6.61. The first-order valence-electron chi connectivity index (χ1n) is 4.06. The molecule has 72 valence electrons. The second kappa shape index (κ2) is 4.42. The minimum absolute atomic E-state index is 0.0779. The van der Waals surface area contributed by atoms with E-state index in [-0.39, 0.29) is 11.1 Å². The highest BCUT2D eigenvalue weighted by molar-refractivity contribution is 14.1. The van der Waals surface area contributed by atoms with Crippen molar-refractivity contribution >= 4 is 28.6 Å². The Morgan fingerprint density at radius 3 is 2.71 bits per heavy atom. The summed E-state index contributed by atoms with van der Waals surface area (Å²) >= 11 is 2.01. The highest BCUT2D eigenvalue weighted by Crippen LogP contribution is 2.21. The molecule has 0 aliphatic carbocycles. The molecule has 0 radical (unpaired) electrons. The van der Waals surface area contributed by atoms with E-state index in [9.17, 15) is 4.79 Å². The molecule has 0 aromatic heterocycles. The third kappa shape index (κ3) is 1.87. The van der Waals surface area contributed by atoms with Gasteiger partial charge in [-0.15, -0.1) is 0 Å². The van der Waals surface area contributed by atoms with Crippen LogP contribution in [0.1, 0.15) is 28.4 Å². The van der Waals surface area contributed by atoms with Crippen LogP contribution in [-0.4, -0.2) is 11.1 Å². The first kappa shape index (κ1) is 11.0. The molecule has 0 unspecified atom stereocenters. The largest absolute Gasteiger partial charge is 0.478 e. The normalized spacial score (nSPS) is 9.50. The smallest absolute Gasteiger partial charge is 0.337 e. The molecule has 4 heteroatoms. The van der Waals surface area contributed by atoms with Crippen molar-refractivity contribution in [1.82, 2.24) is 0 Å². The van der Waals surface area contributed by atoms with Crippen LogP contribution in [0.25, 0.3) is 0 Å². The lowest BCUT2D eigenvalue weighted by Crippen LogP contribution is -2.03. The van der Waals surface area contributed by atoms with E-state index in [1.807, 2.05) is 35.6 Å². The topological polar surface area (TPSA) is 61.1 Å². The number of aryl methyl sites for hydroxylation is 1. The summed E-state index contributed by atoms with van der Waals surface area (Å²) in [5.74, 6) is -1.05. The zero-order chi connectivity index (χ0) is 10.7. The number of benzene rings is 1. The summed E-state index contributed by atoms with van der Waals surface area (Å²) in [5.41, 5.74) is 1.35. The number of carbonyl (C=O) groups is 1. The van der Waals surface area contributed by atoms with Gasteiger partial charge in [-0.3, -0.25) is 0 Å². The van der Waals surface area contributed by atoms with Gasteiger partial charge in [0.25, 0.3) is 0 Å².